The highest BCUT2D eigenvalue weighted by molar-refractivity contribution is 5.75. The number of carbonyl (C=O) groups excluding carboxylic acids is 1. The lowest BCUT2D eigenvalue weighted by Gasteiger charge is -2.33. The molecule has 0 radical (unpaired) electrons. The van der Waals surface area contributed by atoms with E-state index in [1.807, 2.05) is 0 Å². The van der Waals surface area contributed by atoms with Crippen molar-refractivity contribution >= 4 is 5.97 Å². The van der Waals surface area contributed by atoms with Crippen molar-refractivity contribution in [2.45, 2.75) is 31.8 Å². The maximum absolute atomic E-state index is 14.0. The zero-order valence-electron chi connectivity index (χ0n) is 14.4. The normalized spacial score (nSPS) is 18.1. The zero-order valence-corrected chi connectivity index (χ0v) is 14.4. The highest BCUT2D eigenvalue weighted by Gasteiger charge is 2.30. The van der Waals surface area contributed by atoms with Crippen LogP contribution in [0.3, 0.4) is 0 Å². The minimum Gasteiger partial charge on any atom is -0.494 e. The quantitative estimate of drug-likeness (QED) is 0.843. The molecule has 1 N–H and O–H groups in total. The van der Waals surface area contributed by atoms with Crippen molar-refractivity contribution in [2.24, 2.45) is 0 Å². The summed E-state index contributed by atoms with van der Waals surface area (Å²) < 4.78 is 23.9. The van der Waals surface area contributed by atoms with Crippen LogP contribution in [0.1, 0.15) is 24.8 Å². The van der Waals surface area contributed by atoms with Gasteiger partial charge in [0.05, 0.1) is 26.1 Å². The van der Waals surface area contributed by atoms with Crippen LogP contribution in [-0.2, 0) is 16.1 Å². The Labute approximate surface area is 145 Å². The number of halogens is 1. The number of nitrogens with one attached hydrogen (secondary N) is 1. The summed E-state index contributed by atoms with van der Waals surface area (Å²) in [5.41, 5.74) is 2.36. The molecule has 0 spiro atoms. The molecule has 1 aromatic heterocycles. The van der Waals surface area contributed by atoms with E-state index in [-0.39, 0.29) is 17.8 Å². The number of benzene rings is 1. The molecule has 0 bridgehead atoms. The van der Waals surface area contributed by atoms with Gasteiger partial charge in [-0.3, -0.25) is 14.8 Å². The molecule has 1 fully saturated rings. The largest absolute Gasteiger partial charge is 0.494 e. The second-order valence-electron chi connectivity index (χ2n) is 6.12. The first kappa shape index (κ1) is 17.4. The van der Waals surface area contributed by atoms with Gasteiger partial charge in [-0.25, -0.2) is 4.39 Å². The van der Waals surface area contributed by atoms with Crippen molar-refractivity contribution < 1.29 is 18.7 Å². The summed E-state index contributed by atoms with van der Waals surface area (Å²) >= 11 is 0. The molecule has 0 aliphatic carbocycles. The molecule has 0 unspecified atom stereocenters. The van der Waals surface area contributed by atoms with Gasteiger partial charge in [-0.1, -0.05) is 6.42 Å². The van der Waals surface area contributed by atoms with Crippen molar-refractivity contribution in [3.63, 3.8) is 0 Å². The van der Waals surface area contributed by atoms with E-state index in [0.29, 0.717) is 12.1 Å². The smallest absolute Gasteiger partial charge is 0.323 e. The Morgan fingerprint density at radius 2 is 2.24 bits per heavy atom. The topological polar surface area (TPSA) is 67.5 Å². The number of hydrogen-bond donors (Lipinski definition) is 1. The van der Waals surface area contributed by atoms with Crippen molar-refractivity contribution in [3.8, 4) is 17.0 Å². The lowest BCUT2D eigenvalue weighted by atomic mass is 10.0. The van der Waals surface area contributed by atoms with Crippen LogP contribution >= 0.6 is 0 Å². The number of methoxy groups -OCH3 is 2. The maximum atomic E-state index is 14.0. The van der Waals surface area contributed by atoms with Crippen LogP contribution in [0.4, 0.5) is 4.39 Å². The number of hydrogen-bond acceptors (Lipinski definition) is 5. The third-order valence-corrected chi connectivity index (χ3v) is 4.62. The Kier molecular flexibility index (Phi) is 5.33. The highest BCUT2D eigenvalue weighted by Crippen LogP contribution is 2.28. The molecule has 3 rings (SSSR count). The standard InChI is InChI=1S/C18H22FN3O3/c1-24-16-7-6-12(9-14(16)19)17-13(10-20-21-17)11-22-8-4-3-5-15(22)18(23)25-2/h6-7,9-10,15H,3-5,8,11H2,1-2H3,(H,20,21)/t15-/m0/s1. The van der Waals surface area contributed by atoms with Crippen LogP contribution in [0.15, 0.2) is 24.4 Å². The Morgan fingerprint density at radius 1 is 1.40 bits per heavy atom. The number of piperidine rings is 1. The van der Waals surface area contributed by atoms with Gasteiger partial charge in [0.25, 0.3) is 0 Å². The van der Waals surface area contributed by atoms with E-state index in [4.69, 9.17) is 9.47 Å². The van der Waals surface area contributed by atoms with Crippen molar-refractivity contribution in [3.05, 3.63) is 35.8 Å². The third kappa shape index (κ3) is 3.66. The summed E-state index contributed by atoms with van der Waals surface area (Å²) in [6, 6.07) is 4.55. The zero-order chi connectivity index (χ0) is 17.8. The molecule has 2 aromatic rings. The van der Waals surface area contributed by atoms with Crippen molar-refractivity contribution in [2.75, 3.05) is 20.8 Å². The minimum absolute atomic E-state index is 0.201. The van der Waals surface area contributed by atoms with Crippen molar-refractivity contribution in [1.29, 1.82) is 0 Å². The summed E-state index contributed by atoms with van der Waals surface area (Å²) in [5.74, 6) is -0.433. The van der Waals surface area contributed by atoms with E-state index >= 15 is 0 Å². The molecule has 7 heteroatoms. The van der Waals surface area contributed by atoms with E-state index in [1.54, 1.807) is 18.3 Å². The van der Waals surface area contributed by atoms with Gasteiger partial charge >= 0.3 is 5.97 Å². The van der Waals surface area contributed by atoms with Crippen LogP contribution < -0.4 is 4.74 Å². The van der Waals surface area contributed by atoms with E-state index < -0.39 is 5.82 Å². The van der Waals surface area contributed by atoms with E-state index in [0.717, 1.165) is 37.1 Å². The lowest BCUT2D eigenvalue weighted by molar-refractivity contribution is -0.148. The average Bonchev–Trinajstić information content (AvgIpc) is 3.09. The first-order valence-electron chi connectivity index (χ1n) is 8.32. The van der Waals surface area contributed by atoms with Crippen LogP contribution in [0.2, 0.25) is 0 Å². The first-order valence-corrected chi connectivity index (χ1v) is 8.32. The Morgan fingerprint density at radius 3 is 2.96 bits per heavy atom. The van der Waals surface area contributed by atoms with Crippen LogP contribution in [0, 0.1) is 5.82 Å². The van der Waals surface area contributed by atoms with Gasteiger partial charge in [0.15, 0.2) is 11.6 Å². The molecular formula is C18H22FN3O3. The maximum Gasteiger partial charge on any atom is 0.323 e. The van der Waals surface area contributed by atoms with Gasteiger partial charge in [0.1, 0.15) is 6.04 Å². The van der Waals surface area contributed by atoms with Gasteiger partial charge < -0.3 is 9.47 Å². The molecule has 2 heterocycles. The molecule has 134 valence electrons. The van der Waals surface area contributed by atoms with E-state index in [2.05, 4.69) is 15.1 Å². The molecule has 25 heavy (non-hydrogen) atoms. The summed E-state index contributed by atoms with van der Waals surface area (Å²) in [6.45, 7) is 1.38. The minimum atomic E-state index is -0.425. The molecule has 0 saturated carbocycles. The number of nitrogens with zero attached hydrogens (tertiary/aromatic N) is 2. The highest BCUT2D eigenvalue weighted by atomic mass is 19.1. The van der Waals surface area contributed by atoms with Crippen molar-refractivity contribution in [1.82, 2.24) is 15.1 Å². The summed E-state index contributed by atoms with van der Waals surface area (Å²) in [6.07, 6.45) is 4.56. The second-order valence-corrected chi connectivity index (χ2v) is 6.12. The SMILES string of the molecule is COC(=O)[C@@H]1CCCCN1Cc1cn[nH]c1-c1ccc(OC)c(F)c1. The molecule has 0 amide bonds. The fourth-order valence-electron chi connectivity index (χ4n) is 3.30. The summed E-state index contributed by atoms with van der Waals surface area (Å²) in [5, 5.41) is 7.04. The molecule has 1 aliphatic heterocycles. The van der Waals surface area contributed by atoms with Crippen LogP contribution in [0.25, 0.3) is 11.3 Å². The van der Waals surface area contributed by atoms with Gasteiger partial charge in [-0.15, -0.1) is 0 Å². The predicted molar refractivity (Wildman–Crippen MR) is 90.6 cm³/mol. The molecule has 1 aliphatic rings. The number of likely N-dealkylation sites (tertiary alicyclic amines) is 1. The predicted octanol–water partition coefficient (Wildman–Crippen LogP) is 2.75. The fourth-order valence-corrected chi connectivity index (χ4v) is 3.30. The average molecular weight is 347 g/mol. The second kappa shape index (κ2) is 7.65. The number of ether oxygens (including phenoxy) is 2. The van der Waals surface area contributed by atoms with E-state index in [1.165, 1.54) is 20.3 Å². The number of carbonyl (C=O) groups is 1. The number of esters is 1. The number of aromatic nitrogens is 2. The third-order valence-electron chi connectivity index (χ3n) is 4.62. The van der Waals surface area contributed by atoms with Gasteiger partial charge in [0.2, 0.25) is 0 Å². The molecular weight excluding hydrogens is 325 g/mol. The summed E-state index contributed by atoms with van der Waals surface area (Å²) in [4.78, 5) is 14.1. The fraction of sp³-hybridized carbons (Fsp3) is 0.444. The first-order chi connectivity index (χ1) is 12.1. The Bertz CT molecular complexity index is 747. The van der Waals surface area contributed by atoms with Crippen LogP contribution in [0.5, 0.6) is 5.75 Å². The number of aromatic amines is 1. The molecule has 1 aromatic carbocycles. The molecule has 1 atom stereocenters. The lowest BCUT2D eigenvalue weighted by Crippen LogP contribution is -2.44. The molecule has 1 saturated heterocycles. The number of rotatable bonds is 5. The van der Waals surface area contributed by atoms with Gasteiger partial charge in [0, 0.05) is 17.7 Å². The Hall–Kier alpha value is -2.41. The van der Waals surface area contributed by atoms with Gasteiger partial charge in [-0.05, 0) is 37.6 Å². The summed E-state index contributed by atoms with van der Waals surface area (Å²) in [7, 11) is 2.85. The monoisotopic (exact) mass is 347 g/mol. The molecule has 6 nitrogen and oxygen atoms in total. The van der Waals surface area contributed by atoms with Crippen LogP contribution in [-0.4, -0.2) is 47.9 Å². The van der Waals surface area contributed by atoms with E-state index in [9.17, 15) is 9.18 Å². The number of H-pyrrole nitrogens is 1. The Balaban J connectivity index is 1.84. The van der Waals surface area contributed by atoms with Gasteiger partial charge in [-0.2, -0.15) is 5.10 Å².